The molecule has 0 aliphatic carbocycles. The number of unbranched alkanes of at least 4 members (excludes halogenated alkanes) is 54. The second-order valence-electron chi connectivity index (χ2n) is 30.1. The number of hydrogen-bond acceptors (Lipinski definition) is 15. The summed E-state index contributed by atoms with van der Waals surface area (Å²) in [4.78, 5) is 73.1. The van der Waals surface area contributed by atoms with Crippen molar-refractivity contribution in [1.29, 1.82) is 0 Å². The van der Waals surface area contributed by atoms with Crippen molar-refractivity contribution in [2.75, 3.05) is 39.6 Å². The van der Waals surface area contributed by atoms with Crippen LogP contribution in [0, 0.1) is 5.92 Å². The third kappa shape index (κ3) is 74.9. The minimum Gasteiger partial charge on any atom is -0.462 e. The first kappa shape index (κ1) is 100. The fourth-order valence-electron chi connectivity index (χ4n) is 12.9. The maximum Gasteiger partial charge on any atom is 0.472 e. The molecule has 0 aromatic rings. The number of esters is 4. The smallest absolute Gasteiger partial charge is 0.462 e. The molecule has 0 spiro atoms. The van der Waals surface area contributed by atoms with Crippen LogP contribution in [0.15, 0.2) is 0 Å². The fraction of sp³-hybridized carbons (Fsp3) is 0.952. The quantitative estimate of drug-likeness (QED) is 0.0222. The van der Waals surface area contributed by atoms with Gasteiger partial charge in [0.05, 0.1) is 26.4 Å². The van der Waals surface area contributed by atoms with Crippen LogP contribution in [0.2, 0.25) is 0 Å². The van der Waals surface area contributed by atoms with Crippen molar-refractivity contribution < 1.29 is 80.2 Å². The largest absolute Gasteiger partial charge is 0.472 e. The molecule has 0 bridgehead atoms. The minimum absolute atomic E-state index is 0.108. The lowest BCUT2D eigenvalue weighted by atomic mass is 10.00. The number of phosphoric ester groups is 2. The lowest BCUT2D eigenvalue weighted by molar-refractivity contribution is -0.161. The zero-order valence-electron chi connectivity index (χ0n) is 66.8. The van der Waals surface area contributed by atoms with Gasteiger partial charge in [-0.15, -0.1) is 0 Å². The van der Waals surface area contributed by atoms with Gasteiger partial charge in [0.15, 0.2) is 12.2 Å². The molecule has 0 rings (SSSR count). The van der Waals surface area contributed by atoms with Gasteiger partial charge in [0.1, 0.15) is 19.3 Å². The molecule has 3 N–H and O–H groups in total. The standard InChI is InChI=1S/C83H162O17P2/c1-6-10-13-16-19-22-25-28-31-33-35-37-40-43-46-49-52-59-64-68-82(87)99-78(72-93-80(85)66-61-56-50-47-44-41-39-36-34-32-29-26-23-20-17-14-11-7-2)74-97-101(89,90)95-70-77(84)71-96-102(91,92)98-75-79(73-94-81(86)67-62-57-54-53-55-60-65-76(5)9-4)100-83(88)69-63-58-51-48-45-42-38-30-27-24-21-18-15-12-8-3/h76-79,84H,6-75H2,1-5H3,(H,89,90)(H,91,92)/t76?,77-,78-,79-/m1/s1. The zero-order chi connectivity index (χ0) is 74.8. The Morgan fingerprint density at radius 3 is 0.696 bits per heavy atom. The third-order valence-corrected chi connectivity index (χ3v) is 21.8. The summed E-state index contributed by atoms with van der Waals surface area (Å²) < 4.78 is 68.8. The molecule has 0 saturated heterocycles. The molecular formula is C83H162O17P2. The summed E-state index contributed by atoms with van der Waals surface area (Å²) in [6.45, 7) is 7.31. The van der Waals surface area contributed by atoms with Crippen LogP contribution >= 0.6 is 15.6 Å². The van der Waals surface area contributed by atoms with Crippen molar-refractivity contribution in [2.24, 2.45) is 5.92 Å². The Morgan fingerprint density at radius 2 is 0.471 bits per heavy atom. The maximum atomic E-state index is 13.1. The Morgan fingerprint density at radius 1 is 0.275 bits per heavy atom. The van der Waals surface area contributed by atoms with Gasteiger partial charge in [-0.25, -0.2) is 9.13 Å². The Bertz CT molecular complexity index is 1950. The summed E-state index contributed by atoms with van der Waals surface area (Å²) in [7, 11) is -9.92. The van der Waals surface area contributed by atoms with Crippen molar-refractivity contribution in [3.8, 4) is 0 Å². The number of carbonyl (C=O) groups excluding carboxylic acids is 4. The van der Waals surface area contributed by atoms with Crippen LogP contribution in [0.3, 0.4) is 0 Å². The molecule has 0 aromatic carbocycles. The fourth-order valence-corrected chi connectivity index (χ4v) is 14.5. The normalized spacial score (nSPS) is 14.1. The number of ether oxygens (including phenoxy) is 4. The molecule has 0 heterocycles. The summed E-state index contributed by atoms with van der Waals surface area (Å²) in [6, 6.07) is 0. The molecular weight excluding hydrogens is 1330 g/mol. The second-order valence-corrected chi connectivity index (χ2v) is 33.0. The van der Waals surface area contributed by atoms with E-state index in [1.165, 1.54) is 263 Å². The highest BCUT2D eigenvalue weighted by atomic mass is 31.2. The third-order valence-electron chi connectivity index (χ3n) is 19.9. The zero-order valence-corrected chi connectivity index (χ0v) is 68.5. The van der Waals surface area contributed by atoms with E-state index in [2.05, 4.69) is 34.6 Å². The average molecular weight is 1490 g/mol. The second kappa shape index (κ2) is 75.9. The highest BCUT2D eigenvalue weighted by molar-refractivity contribution is 7.47. The number of rotatable bonds is 83. The Kier molecular flexibility index (Phi) is 74.4. The van der Waals surface area contributed by atoms with E-state index in [9.17, 15) is 43.2 Å². The summed E-state index contributed by atoms with van der Waals surface area (Å²) in [5.74, 6) is -1.37. The van der Waals surface area contributed by atoms with Gasteiger partial charge in [0, 0.05) is 25.7 Å². The van der Waals surface area contributed by atoms with Crippen molar-refractivity contribution in [2.45, 2.75) is 464 Å². The highest BCUT2D eigenvalue weighted by Crippen LogP contribution is 2.45. The monoisotopic (exact) mass is 1490 g/mol. The lowest BCUT2D eigenvalue weighted by Crippen LogP contribution is -2.30. The predicted octanol–water partition coefficient (Wildman–Crippen LogP) is 25.2. The topological polar surface area (TPSA) is 237 Å². The van der Waals surface area contributed by atoms with Gasteiger partial charge in [0.25, 0.3) is 0 Å². The van der Waals surface area contributed by atoms with Gasteiger partial charge in [-0.05, 0) is 31.6 Å². The van der Waals surface area contributed by atoms with Crippen LogP contribution in [0.5, 0.6) is 0 Å². The number of phosphoric acid groups is 2. The molecule has 0 saturated carbocycles. The Labute approximate surface area is 626 Å². The van der Waals surface area contributed by atoms with Crippen LogP contribution < -0.4 is 0 Å². The van der Waals surface area contributed by atoms with Crippen LogP contribution in [0.1, 0.15) is 446 Å². The van der Waals surface area contributed by atoms with Crippen molar-refractivity contribution in [1.82, 2.24) is 0 Å². The van der Waals surface area contributed by atoms with E-state index in [0.29, 0.717) is 25.7 Å². The van der Waals surface area contributed by atoms with E-state index in [-0.39, 0.29) is 25.7 Å². The van der Waals surface area contributed by atoms with Gasteiger partial charge in [-0.1, -0.05) is 394 Å². The molecule has 606 valence electrons. The number of hydrogen-bond donors (Lipinski definition) is 3. The van der Waals surface area contributed by atoms with E-state index in [1.54, 1.807) is 0 Å². The molecule has 17 nitrogen and oxygen atoms in total. The molecule has 102 heavy (non-hydrogen) atoms. The average Bonchev–Trinajstić information content (AvgIpc) is 0.926. The van der Waals surface area contributed by atoms with Gasteiger partial charge in [-0.3, -0.25) is 37.3 Å². The first-order valence-electron chi connectivity index (χ1n) is 43.2. The number of carbonyl (C=O) groups is 4. The molecule has 0 aliphatic rings. The summed E-state index contributed by atoms with van der Waals surface area (Å²) in [5.41, 5.74) is 0. The summed E-state index contributed by atoms with van der Waals surface area (Å²) >= 11 is 0. The number of aliphatic hydroxyl groups is 1. The van der Waals surface area contributed by atoms with Crippen molar-refractivity contribution in [3.63, 3.8) is 0 Å². The molecule has 0 fully saturated rings. The highest BCUT2D eigenvalue weighted by Gasteiger charge is 2.30. The molecule has 6 atom stereocenters. The maximum absolute atomic E-state index is 13.1. The first-order valence-corrected chi connectivity index (χ1v) is 46.2. The van der Waals surface area contributed by atoms with Crippen LogP contribution in [-0.2, 0) is 65.4 Å². The number of aliphatic hydroxyl groups excluding tert-OH is 1. The molecule has 0 aliphatic heterocycles. The van der Waals surface area contributed by atoms with E-state index in [1.807, 2.05) is 0 Å². The Hall–Kier alpha value is -1.94. The lowest BCUT2D eigenvalue weighted by Gasteiger charge is -2.21. The Balaban J connectivity index is 5.23. The van der Waals surface area contributed by atoms with Gasteiger partial charge in [-0.2, -0.15) is 0 Å². The molecule has 19 heteroatoms. The summed E-state index contributed by atoms with van der Waals surface area (Å²) in [5, 5.41) is 10.7. The van der Waals surface area contributed by atoms with E-state index in [4.69, 9.17) is 37.0 Å². The SMILES string of the molecule is CCCCCCCCCCCCCCCCCCCCCC(=O)O[C@H](COC(=O)CCCCCCCCCCCCCCCCCCCC)COP(=O)(O)OC[C@@H](O)COP(=O)(O)OC[C@@H](COC(=O)CCCCCCCCC(C)CC)OC(=O)CCCCCCCCCCCCCCCCC. The van der Waals surface area contributed by atoms with E-state index >= 15 is 0 Å². The van der Waals surface area contributed by atoms with Crippen LogP contribution in [0.25, 0.3) is 0 Å². The first-order chi connectivity index (χ1) is 49.6. The van der Waals surface area contributed by atoms with Crippen LogP contribution in [0.4, 0.5) is 0 Å². The summed E-state index contributed by atoms with van der Waals surface area (Å²) in [6.07, 6.45) is 68.0. The van der Waals surface area contributed by atoms with E-state index in [0.717, 1.165) is 102 Å². The van der Waals surface area contributed by atoms with Gasteiger partial charge < -0.3 is 33.8 Å². The molecule has 0 aromatic heterocycles. The van der Waals surface area contributed by atoms with Crippen molar-refractivity contribution >= 4 is 39.5 Å². The van der Waals surface area contributed by atoms with Crippen molar-refractivity contribution in [3.05, 3.63) is 0 Å². The molecule has 3 unspecified atom stereocenters. The molecule has 0 amide bonds. The van der Waals surface area contributed by atoms with Gasteiger partial charge >= 0.3 is 39.5 Å². The van der Waals surface area contributed by atoms with Crippen LogP contribution in [-0.4, -0.2) is 96.7 Å². The predicted molar refractivity (Wildman–Crippen MR) is 418 cm³/mol. The van der Waals surface area contributed by atoms with Gasteiger partial charge in [0.2, 0.25) is 0 Å². The van der Waals surface area contributed by atoms with E-state index < -0.39 is 97.5 Å². The minimum atomic E-state index is -4.96. The molecule has 0 radical (unpaired) electrons.